The van der Waals surface area contributed by atoms with Crippen LogP contribution in [0.4, 0.5) is 0 Å². The Morgan fingerprint density at radius 1 is 0.284 bits per heavy atom. The summed E-state index contributed by atoms with van der Waals surface area (Å²) in [4.78, 5) is 38.1. The maximum atomic E-state index is 12.9. The first-order valence-corrected chi connectivity index (χ1v) is 30.2. The summed E-state index contributed by atoms with van der Waals surface area (Å²) < 4.78 is 16.9. The Labute approximate surface area is 418 Å². The molecular formula is C61H118O6. The van der Waals surface area contributed by atoms with E-state index in [-0.39, 0.29) is 31.1 Å². The molecule has 0 spiro atoms. The molecule has 0 rings (SSSR count). The molecule has 0 saturated carbocycles. The van der Waals surface area contributed by atoms with Crippen LogP contribution in [0.3, 0.4) is 0 Å². The number of rotatable bonds is 55. The zero-order chi connectivity index (χ0) is 48.9. The van der Waals surface area contributed by atoms with Gasteiger partial charge in [0.25, 0.3) is 0 Å². The van der Waals surface area contributed by atoms with Crippen molar-refractivity contribution in [3.8, 4) is 0 Å². The van der Waals surface area contributed by atoms with Crippen LogP contribution in [0.15, 0.2) is 0 Å². The van der Waals surface area contributed by atoms with Crippen molar-refractivity contribution in [3.63, 3.8) is 0 Å². The Morgan fingerprint density at radius 3 is 0.731 bits per heavy atom. The molecule has 398 valence electrons. The number of carbonyl (C=O) groups is 3. The molecule has 6 heteroatoms. The van der Waals surface area contributed by atoms with Crippen molar-refractivity contribution in [2.75, 3.05) is 13.2 Å². The van der Waals surface area contributed by atoms with Crippen molar-refractivity contribution in [3.05, 3.63) is 0 Å². The Kier molecular flexibility index (Phi) is 52.5. The topological polar surface area (TPSA) is 78.9 Å². The van der Waals surface area contributed by atoms with Gasteiger partial charge in [-0.1, -0.05) is 304 Å². The summed E-state index contributed by atoms with van der Waals surface area (Å²) in [6.07, 6.45) is 58.3. The van der Waals surface area contributed by atoms with Crippen molar-refractivity contribution in [2.24, 2.45) is 11.8 Å². The number of hydrogen-bond acceptors (Lipinski definition) is 6. The molecule has 1 atom stereocenters. The minimum atomic E-state index is -0.763. The summed E-state index contributed by atoms with van der Waals surface area (Å²) in [7, 11) is 0. The van der Waals surface area contributed by atoms with Crippen LogP contribution < -0.4 is 0 Å². The largest absolute Gasteiger partial charge is 0.462 e. The van der Waals surface area contributed by atoms with Crippen LogP contribution in [-0.2, 0) is 28.6 Å². The second kappa shape index (κ2) is 53.8. The number of ether oxygens (including phenoxy) is 3. The van der Waals surface area contributed by atoms with Gasteiger partial charge in [0.15, 0.2) is 6.10 Å². The Hall–Kier alpha value is -1.59. The Bertz CT molecular complexity index is 1020. The standard InChI is InChI=1S/C61H118O6/c1-6-7-8-9-10-11-12-13-14-15-19-23-26-29-32-37-43-48-53-61(64)67-58(55-66-60(63)52-47-42-38-33-35-40-45-50-57(4)5)54-65-59(62)51-46-41-36-31-28-25-22-20-17-16-18-21-24-27-30-34-39-44-49-56(2)3/h56-58H,6-55H2,1-5H3/t58-/m1/s1. The van der Waals surface area contributed by atoms with Gasteiger partial charge in [-0.15, -0.1) is 0 Å². The first kappa shape index (κ1) is 65.4. The van der Waals surface area contributed by atoms with E-state index in [1.165, 1.54) is 231 Å². The lowest BCUT2D eigenvalue weighted by Gasteiger charge is -2.18. The smallest absolute Gasteiger partial charge is 0.306 e. The molecule has 0 aromatic rings. The first-order valence-electron chi connectivity index (χ1n) is 30.2. The van der Waals surface area contributed by atoms with Gasteiger partial charge in [-0.05, 0) is 31.1 Å². The predicted octanol–water partition coefficient (Wildman–Crippen LogP) is 20.0. The van der Waals surface area contributed by atoms with Gasteiger partial charge in [0.2, 0.25) is 0 Å². The van der Waals surface area contributed by atoms with E-state index in [9.17, 15) is 14.4 Å². The zero-order valence-electron chi connectivity index (χ0n) is 46.0. The first-order chi connectivity index (χ1) is 32.7. The molecular weight excluding hydrogens is 829 g/mol. The molecule has 0 aliphatic heterocycles. The fraction of sp³-hybridized carbons (Fsp3) is 0.951. The van der Waals surface area contributed by atoms with E-state index >= 15 is 0 Å². The second-order valence-corrected chi connectivity index (χ2v) is 21.9. The normalized spacial score (nSPS) is 12.0. The van der Waals surface area contributed by atoms with Gasteiger partial charge in [0, 0.05) is 19.3 Å². The van der Waals surface area contributed by atoms with E-state index in [0.717, 1.165) is 69.6 Å². The second-order valence-electron chi connectivity index (χ2n) is 21.9. The average molecular weight is 948 g/mol. The quantitative estimate of drug-likeness (QED) is 0.0343. The fourth-order valence-electron chi connectivity index (χ4n) is 9.40. The highest BCUT2D eigenvalue weighted by atomic mass is 16.6. The lowest BCUT2D eigenvalue weighted by atomic mass is 10.0. The van der Waals surface area contributed by atoms with Gasteiger partial charge in [0.1, 0.15) is 13.2 Å². The lowest BCUT2D eigenvalue weighted by molar-refractivity contribution is -0.167. The van der Waals surface area contributed by atoms with Crippen LogP contribution >= 0.6 is 0 Å². The van der Waals surface area contributed by atoms with E-state index in [0.29, 0.717) is 19.3 Å². The molecule has 0 aliphatic rings. The van der Waals surface area contributed by atoms with E-state index in [4.69, 9.17) is 14.2 Å². The highest BCUT2D eigenvalue weighted by Gasteiger charge is 2.19. The minimum Gasteiger partial charge on any atom is -0.462 e. The minimum absolute atomic E-state index is 0.0630. The van der Waals surface area contributed by atoms with Crippen LogP contribution in [0.1, 0.15) is 343 Å². The van der Waals surface area contributed by atoms with E-state index < -0.39 is 6.10 Å². The molecule has 0 saturated heterocycles. The molecule has 0 amide bonds. The Balaban J connectivity index is 4.20. The molecule has 67 heavy (non-hydrogen) atoms. The van der Waals surface area contributed by atoms with Gasteiger partial charge in [-0.3, -0.25) is 14.4 Å². The number of unbranched alkanes of at least 4 members (excludes halogenated alkanes) is 40. The van der Waals surface area contributed by atoms with Crippen LogP contribution in [0.2, 0.25) is 0 Å². The molecule has 0 N–H and O–H groups in total. The van der Waals surface area contributed by atoms with Crippen molar-refractivity contribution in [1.82, 2.24) is 0 Å². The summed E-state index contributed by atoms with van der Waals surface area (Å²) in [5, 5.41) is 0. The molecule has 0 aromatic heterocycles. The maximum Gasteiger partial charge on any atom is 0.306 e. The molecule has 0 bridgehead atoms. The SMILES string of the molecule is CCCCCCCCCCCCCCCCCCCCC(=O)O[C@H](COC(=O)CCCCCCCCCCCCCCCCCCCCC(C)C)COC(=O)CCCCCCCCCC(C)C. The van der Waals surface area contributed by atoms with Crippen molar-refractivity contribution >= 4 is 17.9 Å². The Morgan fingerprint density at radius 2 is 0.493 bits per heavy atom. The summed E-state index contributed by atoms with van der Waals surface area (Å²) in [6, 6.07) is 0. The monoisotopic (exact) mass is 947 g/mol. The number of carbonyl (C=O) groups excluding carboxylic acids is 3. The fourth-order valence-corrected chi connectivity index (χ4v) is 9.40. The molecule has 0 aliphatic carbocycles. The van der Waals surface area contributed by atoms with Gasteiger partial charge < -0.3 is 14.2 Å². The zero-order valence-corrected chi connectivity index (χ0v) is 46.0. The molecule has 0 fully saturated rings. The van der Waals surface area contributed by atoms with E-state index in [2.05, 4.69) is 34.6 Å². The highest BCUT2D eigenvalue weighted by molar-refractivity contribution is 5.71. The highest BCUT2D eigenvalue weighted by Crippen LogP contribution is 2.18. The molecule has 0 heterocycles. The van der Waals surface area contributed by atoms with Gasteiger partial charge in [-0.2, -0.15) is 0 Å². The van der Waals surface area contributed by atoms with Crippen molar-refractivity contribution in [1.29, 1.82) is 0 Å². The summed E-state index contributed by atoms with van der Waals surface area (Å²) in [6.45, 7) is 11.4. The van der Waals surface area contributed by atoms with Crippen molar-refractivity contribution < 1.29 is 28.6 Å². The third-order valence-electron chi connectivity index (χ3n) is 14.0. The molecule has 0 unspecified atom stereocenters. The van der Waals surface area contributed by atoms with Gasteiger partial charge in [-0.25, -0.2) is 0 Å². The number of hydrogen-bond donors (Lipinski definition) is 0. The van der Waals surface area contributed by atoms with Gasteiger partial charge >= 0.3 is 17.9 Å². The summed E-state index contributed by atoms with van der Waals surface area (Å²) in [5.74, 6) is 0.800. The van der Waals surface area contributed by atoms with E-state index in [1.807, 2.05) is 0 Å². The predicted molar refractivity (Wildman–Crippen MR) is 289 cm³/mol. The summed E-state index contributed by atoms with van der Waals surface area (Å²) >= 11 is 0. The van der Waals surface area contributed by atoms with Crippen LogP contribution in [0, 0.1) is 11.8 Å². The average Bonchev–Trinajstić information content (AvgIpc) is 3.30. The van der Waals surface area contributed by atoms with Gasteiger partial charge in [0.05, 0.1) is 0 Å². The molecule has 0 aromatic carbocycles. The third kappa shape index (κ3) is 55.2. The lowest BCUT2D eigenvalue weighted by Crippen LogP contribution is -2.30. The van der Waals surface area contributed by atoms with Crippen LogP contribution in [0.25, 0.3) is 0 Å². The van der Waals surface area contributed by atoms with E-state index in [1.54, 1.807) is 0 Å². The van der Waals surface area contributed by atoms with Crippen LogP contribution in [-0.4, -0.2) is 37.2 Å². The molecule has 0 radical (unpaired) electrons. The summed E-state index contributed by atoms with van der Waals surface area (Å²) in [5.41, 5.74) is 0. The van der Waals surface area contributed by atoms with Crippen molar-refractivity contribution in [2.45, 2.75) is 349 Å². The maximum absolute atomic E-state index is 12.9. The number of esters is 3. The third-order valence-corrected chi connectivity index (χ3v) is 14.0. The van der Waals surface area contributed by atoms with Crippen LogP contribution in [0.5, 0.6) is 0 Å². The molecule has 6 nitrogen and oxygen atoms in total.